The largest absolute Gasteiger partial charge is 0.360 e. The van der Waals surface area contributed by atoms with Crippen molar-refractivity contribution >= 4 is 15.9 Å². The Labute approximate surface area is 189 Å². The van der Waals surface area contributed by atoms with Crippen LogP contribution in [-0.2, 0) is 10.0 Å². The highest BCUT2D eigenvalue weighted by Gasteiger charge is 2.37. The molecule has 1 saturated heterocycles. The zero-order valence-corrected chi connectivity index (χ0v) is 19.9. The molecule has 1 saturated carbocycles. The summed E-state index contributed by atoms with van der Waals surface area (Å²) in [6, 6.07) is 4.10. The fraction of sp³-hybridized carbons (Fsp3) is 0.609. The lowest BCUT2D eigenvalue weighted by atomic mass is 9.96. The molecule has 2 aromatic rings. The number of sulfonamides is 1. The molecule has 32 heavy (non-hydrogen) atoms. The number of carbonyl (C=O) groups is 1. The molecule has 3 heterocycles. The second-order valence-corrected chi connectivity index (χ2v) is 10.9. The third-order valence-corrected chi connectivity index (χ3v) is 8.63. The van der Waals surface area contributed by atoms with E-state index in [-0.39, 0.29) is 29.1 Å². The van der Waals surface area contributed by atoms with Crippen molar-refractivity contribution in [3.63, 3.8) is 0 Å². The van der Waals surface area contributed by atoms with Gasteiger partial charge in [0.15, 0.2) is 5.76 Å². The van der Waals surface area contributed by atoms with Gasteiger partial charge in [0.2, 0.25) is 15.9 Å². The lowest BCUT2D eigenvalue weighted by Gasteiger charge is -2.31. The summed E-state index contributed by atoms with van der Waals surface area (Å²) in [5, 5.41) is 3.79. The van der Waals surface area contributed by atoms with E-state index in [1.165, 1.54) is 23.6 Å². The van der Waals surface area contributed by atoms with Crippen molar-refractivity contribution in [3.8, 4) is 0 Å². The highest BCUT2D eigenvalue weighted by atomic mass is 32.2. The topological polar surface area (TPSA) is 97.8 Å². The van der Waals surface area contributed by atoms with Crippen LogP contribution < -0.4 is 5.49 Å². The Balaban J connectivity index is 1.61. The first kappa shape index (κ1) is 22.9. The van der Waals surface area contributed by atoms with Crippen LogP contribution in [0.15, 0.2) is 32.7 Å². The van der Waals surface area contributed by atoms with E-state index < -0.39 is 15.9 Å². The van der Waals surface area contributed by atoms with E-state index in [0.717, 1.165) is 18.4 Å². The highest BCUT2D eigenvalue weighted by molar-refractivity contribution is 7.89. The molecule has 0 aromatic carbocycles. The van der Waals surface area contributed by atoms with E-state index in [9.17, 15) is 13.2 Å². The van der Waals surface area contributed by atoms with E-state index in [1.54, 1.807) is 24.6 Å². The molecule has 0 amide bonds. The molecule has 9 heteroatoms. The molecule has 174 valence electrons. The summed E-state index contributed by atoms with van der Waals surface area (Å²) in [6.07, 6.45) is 8.74. The summed E-state index contributed by atoms with van der Waals surface area (Å²) in [5.41, 5.74) is 2.07. The molecule has 2 aliphatic rings. The monoisotopic (exact) mass is 460 g/mol. The van der Waals surface area contributed by atoms with Crippen molar-refractivity contribution in [2.24, 2.45) is 10.9 Å². The van der Waals surface area contributed by atoms with Gasteiger partial charge in [0.25, 0.3) is 0 Å². The summed E-state index contributed by atoms with van der Waals surface area (Å²) >= 11 is 0. The molecule has 1 unspecified atom stereocenters. The first-order valence-electron chi connectivity index (χ1n) is 11.5. The van der Waals surface area contributed by atoms with Gasteiger partial charge in [-0.25, -0.2) is 8.42 Å². The minimum Gasteiger partial charge on any atom is -0.360 e. The smallest absolute Gasteiger partial charge is 0.248 e. The Morgan fingerprint density at radius 3 is 2.56 bits per heavy atom. The van der Waals surface area contributed by atoms with Crippen LogP contribution in [0.5, 0.6) is 0 Å². The molecule has 2 fully saturated rings. The average Bonchev–Trinajstić information content (AvgIpc) is 3.13. The zero-order valence-electron chi connectivity index (χ0n) is 19.1. The fourth-order valence-corrected chi connectivity index (χ4v) is 6.62. The lowest BCUT2D eigenvalue weighted by Crippen LogP contribution is -2.45. The Bertz CT molecular complexity index is 1140. The molecule has 0 bridgehead atoms. The Kier molecular flexibility index (Phi) is 6.67. The third kappa shape index (κ3) is 4.59. The van der Waals surface area contributed by atoms with Gasteiger partial charge in [-0.05, 0) is 64.2 Å². The normalized spacial score (nSPS) is 21.7. The lowest BCUT2D eigenvalue weighted by molar-refractivity contribution is 0.0777. The second kappa shape index (κ2) is 9.31. The molecule has 0 spiro atoms. The molecular formula is C23H32N4O4S. The van der Waals surface area contributed by atoms with Gasteiger partial charge in [-0.15, -0.1) is 0 Å². The number of aryl methyl sites for hydroxylation is 3. The number of carbonyl (C=O) groups excluding carboxylic acids is 1. The SMILES string of the molecule is Cc1ccn(C(=O)C2CCCN(S(=O)(=O)c3c(C)noc3C)C2)c(=NC2CCCCC2)c1. The molecule has 0 radical (unpaired) electrons. The maximum atomic E-state index is 13.5. The van der Waals surface area contributed by atoms with E-state index in [1.807, 2.05) is 19.1 Å². The summed E-state index contributed by atoms with van der Waals surface area (Å²) in [6.45, 7) is 5.74. The van der Waals surface area contributed by atoms with Crippen molar-refractivity contribution in [2.75, 3.05) is 13.1 Å². The van der Waals surface area contributed by atoms with Crippen LogP contribution in [0, 0.1) is 26.7 Å². The van der Waals surface area contributed by atoms with Gasteiger partial charge < -0.3 is 4.52 Å². The first-order valence-corrected chi connectivity index (χ1v) is 12.9. The zero-order chi connectivity index (χ0) is 22.9. The fourth-order valence-electron chi connectivity index (χ4n) is 4.80. The predicted molar refractivity (Wildman–Crippen MR) is 120 cm³/mol. The minimum atomic E-state index is -3.78. The Morgan fingerprint density at radius 1 is 1.12 bits per heavy atom. The maximum Gasteiger partial charge on any atom is 0.248 e. The molecule has 2 aromatic heterocycles. The molecule has 1 aliphatic carbocycles. The van der Waals surface area contributed by atoms with Gasteiger partial charge in [-0.1, -0.05) is 24.4 Å². The predicted octanol–water partition coefficient (Wildman–Crippen LogP) is 3.38. The van der Waals surface area contributed by atoms with E-state index >= 15 is 0 Å². The van der Waals surface area contributed by atoms with Crippen molar-refractivity contribution < 1.29 is 17.7 Å². The van der Waals surface area contributed by atoms with Crippen LogP contribution in [0.3, 0.4) is 0 Å². The highest BCUT2D eigenvalue weighted by Crippen LogP contribution is 2.28. The summed E-state index contributed by atoms with van der Waals surface area (Å²) in [7, 11) is -3.78. The van der Waals surface area contributed by atoms with Gasteiger partial charge in [0, 0.05) is 19.3 Å². The Morgan fingerprint density at radius 2 is 1.88 bits per heavy atom. The molecular weight excluding hydrogens is 428 g/mol. The summed E-state index contributed by atoms with van der Waals surface area (Å²) in [4.78, 5) is 18.5. The number of hydrogen-bond donors (Lipinski definition) is 0. The standard InChI is InChI=1S/C23H32N4O4S/c1-16-11-13-27(21(14-16)24-20-9-5-4-6-10-20)23(28)19-8-7-12-26(15-19)32(29,30)22-17(2)25-31-18(22)3/h11,13-14,19-20H,4-10,12,15H2,1-3H3. The Hall–Kier alpha value is -2.26. The maximum absolute atomic E-state index is 13.5. The summed E-state index contributed by atoms with van der Waals surface area (Å²) in [5.74, 6) is -0.248. The van der Waals surface area contributed by atoms with E-state index in [2.05, 4.69) is 5.16 Å². The van der Waals surface area contributed by atoms with Gasteiger partial charge in [-0.3, -0.25) is 14.4 Å². The molecule has 0 N–H and O–H groups in total. The first-order chi connectivity index (χ1) is 15.3. The minimum absolute atomic E-state index is 0.0989. The van der Waals surface area contributed by atoms with Crippen molar-refractivity contribution in [1.82, 2.24) is 14.0 Å². The van der Waals surface area contributed by atoms with Gasteiger partial charge >= 0.3 is 0 Å². The van der Waals surface area contributed by atoms with Gasteiger partial charge in [-0.2, -0.15) is 4.31 Å². The van der Waals surface area contributed by atoms with Crippen LogP contribution in [0.2, 0.25) is 0 Å². The van der Waals surface area contributed by atoms with Crippen molar-refractivity contribution in [1.29, 1.82) is 0 Å². The quantitative estimate of drug-likeness (QED) is 0.697. The molecule has 1 aliphatic heterocycles. The van der Waals surface area contributed by atoms with Gasteiger partial charge in [0.05, 0.1) is 12.0 Å². The molecule has 1 atom stereocenters. The van der Waals surface area contributed by atoms with Crippen LogP contribution in [0.25, 0.3) is 0 Å². The third-order valence-electron chi connectivity index (χ3n) is 6.52. The number of pyridine rings is 1. The number of rotatable bonds is 4. The van der Waals surface area contributed by atoms with Crippen LogP contribution in [0.1, 0.15) is 66.8 Å². The van der Waals surface area contributed by atoms with Crippen LogP contribution >= 0.6 is 0 Å². The van der Waals surface area contributed by atoms with Gasteiger partial charge in [0.1, 0.15) is 16.1 Å². The number of nitrogens with zero attached hydrogens (tertiary/aromatic N) is 4. The molecule has 4 rings (SSSR count). The number of piperidine rings is 1. The second-order valence-electron chi connectivity index (χ2n) is 9.05. The average molecular weight is 461 g/mol. The van der Waals surface area contributed by atoms with Crippen molar-refractivity contribution in [3.05, 3.63) is 40.8 Å². The van der Waals surface area contributed by atoms with Crippen molar-refractivity contribution in [2.45, 2.75) is 76.7 Å². The van der Waals surface area contributed by atoms with Crippen LogP contribution in [-0.4, -0.2) is 47.5 Å². The number of aromatic nitrogens is 2. The van der Waals surface area contributed by atoms with E-state index in [4.69, 9.17) is 9.52 Å². The molecule has 8 nitrogen and oxygen atoms in total. The number of hydrogen-bond acceptors (Lipinski definition) is 6. The summed E-state index contributed by atoms with van der Waals surface area (Å²) < 4.78 is 34.6. The van der Waals surface area contributed by atoms with E-state index in [0.29, 0.717) is 30.6 Å². The van der Waals surface area contributed by atoms with Crippen LogP contribution in [0.4, 0.5) is 0 Å².